The number of nitrogens with zero attached hydrogens (tertiary/aromatic N) is 2. The highest BCUT2D eigenvalue weighted by molar-refractivity contribution is 7.91. The van der Waals surface area contributed by atoms with Crippen molar-refractivity contribution in [3.05, 3.63) is 0 Å². The second kappa shape index (κ2) is 5.98. The molecule has 0 saturated carbocycles. The number of nitrogens with one attached hydrogen (secondary N) is 1. The maximum atomic E-state index is 11.7. The normalized spacial score (nSPS) is 22.7. The Labute approximate surface area is 102 Å². The molecule has 1 aliphatic rings. The van der Waals surface area contributed by atoms with Crippen molar-refractivity contribution in [2.24, 2.45) is 0 Å². The molecular weight excluding hydrogens is 242 g/mol. The monoisotopic (exact) mass is 259 g/mol. The van der Waals surface area contributed by atoms with Gasteiger partial charge in [-0.2, -0.15) is 5.26 Å². The summed E-state index contributed by atoms with van der Waals surface area (Å²) >= 11 is 0. The number of nitriles is 1. The smallest absolute Gasteiger partial charge is 0.223 e. The number of hydrogen-bond acceptors (Lipinski definition) is 5. The third kappa shape index (κ3) is 4.71. The van der Waals surface area contributed by atoms with Gasteiger partial charge < -0.3 is 10.2 Å². The van der Waals surface area contributed by atoms with Crippen LogP contribution in [0.4, 0.5) is 0 Å². The minimum absolute atomic E-state index is 0.0187. The predicted octanol–water partition coefficient (Wildman–Crippen LogP) is -0.865. The SMILES string of the molecule is CN(CCC#N)C(=O)CC1CS(=O)(=O)CCN1. The second-order valence-electron chi connectivity index (χ2n) is 4.19. The van der Waals surface area contributed by atoms with Crippen molar-refractivity contribution in [2.75, 3.05) is 31.6 Å². The maximum Gasteiger partial charge on any atom is 0.223 e. The summed E-state index contributed by atoms with van der Waals surface area (Å²) in [5, 5.41) is 11.4. The van der Waals surface area contributed by atoms with Crippen LogP contribution in [0.25, 0.3) is 0 Å². The summed E-state index contributed by atoms with van der Waals surface area (Å²) < 4.78 is 22.8. The summed E-state index contributed by atoms with van der Waals surface area (Å²) in [6, 6.07) is 1.66. The van der Waals surface area contributed by atoms with Crippen LogP contribution in [0.1, 0.15) is 12.8 Å². The van der Waals surface area contributed by atoms with E-state index in [0.717, 1.165) is 0 Å². The molecule has 1 amide bonds. The van der Waals surface area contributed by atoms with Crippen molar-refractivity contribution in [1.29, 1.82) is 5.26 Å². The second-order valence-corrected chi connectivity index (χ2v) is 6.42. The van der Waals surface area contributed by atoms with Crippen LogP contribution in [-0.4, -0.2) is 56.9 Å². The Bertz CT molecular complexity index is 413. The largest absolute Gasteiger partial charge is 0.345 e. The van der Waals surface area contributed by atoms with E-state index in [1.165, 1.54) is 4.90 Å². The van der Waals surface area contributed by atoms with Crippen LogP contribution in [-0.2, 0) is 14.6 Å². The molecule has 0 bridgehead atoms. The molecule has 0 spiro atoms. The van der Waals surface area contributed by atoms with Gasteiger partial charge in [-0.25, -0.2) is 8.42 Å². The Balaban J connectivity index is 2.43. The van der Waals surface area contributed by atoms with Crippen LogP contribution in [0.2, 0.25) is 0 Å². The van der Waals surface area contributed by atoms with Crippen molar-refractivity contribution in [2.45, 2.75) is 18.9 Å². The lowest BCUT2D eigenvalue weighted by Crippen LogP contribution is -2.47. The standard InChI is InChI=1S/C10H17N3O3S/c1-13(5-2-3-11)10(14)7-9-8-17(15,16)6-4-12-9/h9,12H,2,4-8H2,1H3. The van der Waals surface area contributed by atoms with Gasteiger partial charge in [-0.1, -0.05) is 0 Å². The van der Waals surface area contributed by atoms with Crippen molar-refractivity contribution in [3.63, 3.8) is 0 Å². The van der Waals surface area contributed by atoms with Gasteiger partial charge in [0, 0.05) is 32.6 Å². The summed E-state index contributed by atoms with van der Waals surface area (Å²) in [4.78, 5) is 13.2. The molecule has 17 heavy (non-hydrogen) atoms. The molecule has 0 aromatic rings. The Morgan fingerprint density at radius 2 is 2.29 bits per heavy atom. The van der Waals surface area contributed by atoms with E-state index >= 15 is 0 Å². The summed E-state index contributed by atoms with van der Waals surface area (Å²) in [5.41, 5.74) is 0. The third-order valence-corrected chi connectivity index (χ3v) is 4.44. The molecule has 1 atom stereocenters. The van der Waals surface area contributed by atoms with Crippen LogP contribution < -0.4 is 5.32 Å². The first-order valence-corrected chi connectivity index (χ1v) is 7.31. The zero-order valence-electron chi connectivity index (χ0n) is 9.85. The number of rotatable bonds is 4. The third-order valence-electron chi connectivity index (χ3n) is 2.71. The van der Waals surface area contributed by atoms with Crippen molar-refractivity contribution < 1.29 is 13.2 Å². The lowest BCUT2D eigenvalue weighted by molar-refractivity contribution is -0.130. The Hall–Kier alpha value is -1.13. The van der Waals surface area contributed by atoms with Gasteiger partial charge in [-0.3, -0.25) is 4.79 Å². The van der Waals surface area contributed by atoms with Crippen molar-refractivity contribution in [1.82, 2.24) is 10.2 Å². The fourth-order valence-corrected chi connectivity index (χ4v) is 3.15. The molecule has 7 heteroatoms. The van der Waals surface area contributed by atoms with Crippen LogP contribution in [0.15, 0.2) is 0 Å². The van der Waals surface area contributed by atoms with Gasteiger partial charge in [0.15, 0.2) is 9.84 Å². The molecule has 1 fully saturated rings. The van der Waals surface area contributed by atoms with E-state index in [9.17, 15) is 13.2 Å². The van der Waals surface area contributed by atoms with E-state index in [1.54, 1.807) is 7.05 Å². The maximum absolute atomic E-state index is 11.7. The molecule has 1 heterocycles. The van der Waals surface area contributed by atoms with Gasteiger partial charge in [-0.05, 0) is 0 Å². The minimum Gasteiger partial charge on any atom is -0.345 e. The fraction of sp³-hybridized carbons (Fsp3) is 0.800. The van der Waals surface area contributed by atoms with E-state index in [0.29, 0.717) is 19.5 Å². The highest BCUT2D eigenvalue weighted by Crippen LogP contribution is 2.06. The van der Waals surface area contributed by atoms with Gasteiger partial charge >= 0.3 is 0 Å². The lowest BCUT2D eigenvalue weighted by Gasteiger charge is -2.25. The van der Waals surface area contributed by atoms with Crippen molar-refractivity contribution >= 4 is 15.7 Å². The first-order chi connectivity index (χ1) is 7.94. The Kier molecular flexibility index (Phi) is 4.90. The molecule has 1 N–H and O–H groups in total. The topological polar surface area (TPSA) is 90.3 Å². The summed E-state index contributed by atoms with van der Waals surface area (Å²) in [6.45, 7) is 0.789. The lowest BCUT2D eigenvalue weighted by atomic mass is 10.2. The quantitative estimate of drug-likeness (QED) is 0.709. The van der Waals surface area contributed by atoms with E-state index < -0.39 is 9.84 Å². The fourth-order valence-electron chi connectivity index (χ4n) is 1.71. The van der Waals surface area contributed by atoms with Gasteiger partial charge in [0.25, 0.3) is 0 Å². The number of carbonyl (C=O) groups excluding carboxylic acids is 1. The number of sulfone groups is 1. The van der Waals surface area contributed by atoms with Gasteiger partial charge in [0.2, 0.25) is 5.91 Å². The first-order valence-electron chi connectivity index (χ1n) is 5.49. The van der Waals surface area contributed by atoms with Crippen LogP contribution >= 0.6 is 0 Å². The van der Waals surface area contributed by atoms with E-state index in [2.05, 4.69) is 5.32 Å². The van der Waals surface area contributed by atoms with E-state index in [-0.39, 0.29) is 29.9 Å². The number of carbonyl (C=O) groups is 1. The summed E-state index contributed by atoms with van der Waals surface area (Å²) in [5.74, 6) is 0.0297. The van der Waals surface area contributed by atoms with Crippen LogP contribution in [0.3, 0.4) is 0 Å². The molecule has 96 valence electrons. The van der Waals surface area contributed by atoms with Gasteiger partial charge in [0.05, 0.1) is 24.0 Å². The average Bonchev–Trinajstić information content (AvgIpc) is 2.24. The minimum atomic E-state index is -3.01. The van der Waals surface area contributed by atoms with Gasteiger partial charge in [-0.15, -0.1) is 0 Å². The molecular formula is C10H17N3O3S. The predicted molar refractivity (Wildman–Crippen MR) is 62.9 cm³/mol. The zero-order chi connectivity index (χ0) is 12.9. The number of hydrogen-bond donors (Lipinski definition) is 1. The molecule has 1 rings (SSSR count). The molecule has 1 saturated heterocycles. The summed E-state index contributed by atoms with van der Waals surface area (Å²) in [7, 11) is -1.38. The molecule has 1 aliphatic heterocycles. The van der Waals surface area contributed by atoms with Gasteiger partial charge in [0.1, 0.15) is 0 Å². The molecule has 6 nitrogen and oxygen atoms in total. The zero-order valence-corrected chi connectivity index (χ0v) is 10.7. The molecule has 0 aliphatic carbocycles. The molecule has 0 aromatic carbocycles. The van der Waals surface area contributed by atoms with Crippen molar-refractivity contribution in [3.8, 4) is 6.07 Å². The Morgan fingerprint density at radius 3 is 2.88 bits per heavy atom. The average molecular weight is 259 g/mol. The van der Waals surface area contributed by atoms with E-state index in [1.807, 2.05) is 6.07 Å². The Morgan fingerprint density at radius 1 is 1.59 bits per heavy atom. The van der Waals surface area contributed by atoms with Crippen LogP contribution in [0, 0.1) is 11.3 Å². The highest BCUT2D eigenvalue weighted by Gasteiger charge is 2.26. The first kappa shape index (κ1) is 13.9. The molecule has 0 radical (unpaired) electrons. The summed E-state index contributed by atoms with van der Waals surface area (Å²) in [6.07, 6.45) is 0.458. The highest BCUT2D eigenvalue weighted by atomic mass is 32.2. The van der Waals surface area contributed by atoms with E-state index in [4.69, 9.17) is 5.26 Å². The molecule has 0 aromatic heterocycles. The molecule has 1 unspecified atom stereocenters. The number of amides is 1. The van der Waals surface area contributed by atoms with Crippen LogP contribution in [0.5, 0.6) is 0 Å².